The molecule has 480 valence electrons. The highest BCUT2D eigenvalue weighted by Gasteiger charge is 2.37. The van der Waals surface area contributed by atoms with Crippen LogP contribution in [0, 0.1) is 0 Å². The van der Waals surface area contributed by atoms with Gasteiger partial charge in [0.2, 0.25) is 5.78 Å². The lowest BCUT2D eigenvalue weighted by Gasteiger charge is -2.18. The third-order valence-corrected chi connectivity index (χ3v) is 16.0. The van der Waals surface area contributed by atoms with E-state index in [1.165, 1.54) is 121 Å². The molecule has 6 N–H and O–H groups in total. The summed E-state index contributed by atoms with van der Waals surface area (Å²) in [5, 5.41) is 58.2. The van der Waals surface area contributed by atoms with Crippen LogP contribution in [0.1, 0.15) is 181 Å². The molecule has 9 aromatic carbocycles. The van der Waals surface area contributed by atoms with Crippen molar-refractivity contribution in [3.63, 3.8) is 0 Å². The van der Waals surface area contributed by atoms with Gasteiger partial charge >= 0.3 is 0 Å². The van der Waals surface area contributed by atoms with Crippen LogP contribution in [0.5, 0.6) is 34.5 Å². The minimum absolute atomic E-state index is 0.000556. The maximum atomic E-state index is 12.5. The molecule has 0 spiro atoms. The first-order valence-electron chi connectivity index (χ1n) is 29.9. The number of fused-ring (bicyclic) bond motifs is 9. The third-order valence-electron chi connectivity index (χ3n) is 16.0. The maximum absolute atomic E-state index is 12.5. The monoisotopic (exact) mass is 1290 g/mol. The number of phenols is 6. The van der Waals surface area contributed by atoms with Gasteiger partial charge in [0.15, 0.2) is 63.6 Å². The van der Waals surface area contributed by atoms with Gasteiger partial charge in [-0.15, -0.1) is 0 Å². The van der Waals surface area contributed by atoms with E-state index in [0.29, 0.717) is 57.7 Å². The van der Waals surface area contributed by atoms with Crippen LogP contribution < -0.4 is 0 Å². The van der Waals surface area contributed by atoms with Gasteiger partial charge < -0.3 is 35.4 Å². The Labute approximate surface area is 551 Å². The van der Waals surface area contributed by atoms with E-state index in [4.69, 9.17) is 4.74 Å². The van der Waals surface area contributed by atoms with E-state index in [-0.39, 0.29) is 142 Å². The lowest BCUT2D eigenvalue weighted by Crippen LogP contribution is -2.21. The van der Waals surface area contributed by atoms with Crippen molar-refractivity contribution in [1.82, 2.24) is 0 Å². The molecule has 0 saturated carbocycles. The normalized spacial score (nSPS) is 13.8. The Morgan fingerprint density at radius 1 is 0.289 bits per heavy atom. The molecule has 0 fully saturated rings. The molecule has 0 aromatic heterocycles. The molecule has 97 heavy (non-hydrogen) atoms. The molecule has 0 heterocycles. The van der Waals surface area contributed by atoms with Crippen molar-refractivity contribution in [1.29, 1.82) is 0 Å². The molecule has 6 aliphatic carbocycles. The van der Waals surface area contributed by atoms with Gasteiger partial charge in [-0.2, -0.15) is 0 Å². The van der Waals surface area contributed by atoms with E-state index in [0.717, 1.165) is 12.0 Å². The van der Waals surface area contributed by atoms with Crippen LogP contribution in [0.15, 0.2) is 211 Å². The average molecular weight is 1300 g/mol. The van der Waals surface area contributed by atoms with E-state index in [2.05, 4.69) is 0 Å². The van der Waals surface area contributed by atoms with Crippen molar-refractivity contribution >= 4 is 69.4 Å². The van der Waals surface area contributed by atoms with Gasteiger partial charge in [0.05, 0.1) is 40.0 Å². The third kappa shape index (κ3) is 13.1. The lowest BCUT2D eigenvalue weighted by atomic mass is 9.83. The first-order chi connectivity index (χ1) is 46.4. The second kappa shape index (κ2) is 28.1. The van der Waals surface area contributed by atoms with E-state index < -0.39 is 28.9 Å². The number of Topliss-reactive ketones (excluding diaryl/α,β-unsaturated/α-hetero) is 1. The Bertz CT molecular complexity index is 4810. The molecule has 0 unspecified atom stereocenters. The van der Waals surface area contributed by atoms with Crippen LogP contribution in [0.25, 0.3) is 0 Å². The molecule has 19 heteroatoms. The van der Waals surface area contributed by atoms with Crippen LogP contribution in [-0.2, 0) is 20.9 Å². The van der Waals surface area contributed by atoms with Crippen LogP contribution in [-0.4, -0.2) is 107 Å². The molecule has 0 atom stereocenters. The number of ketones is 12. The predicted octanol–water partition coefficient (Wildman–Crippen LogP) is 11.7. The highest BCUT2D eigenvalue weighted by atomic mass is 16.5. The van der Waals surface area contributed by atoms with Gasteiger partial charge in [-0.3, -0.25) is 57.5 Å². The van der Waals surface area contributed by atoms with E-state index >= 15 is 0 Å². The molecular weight excluding hydrogens is 1240 g/mol. The Kier molecular flexibility index (Phi) is 19.4. The molecule has 0 amide bonds. The molecule has 6 aliphatic rings. The van der Waals surface area contributed by atoms with Crippen molar-refractivity contribution in [2.75, 3.05) is 6.61 Å². The largest absolute Gasteiger partial charge is 0.507 e. The maximum Gasteiger partial charge on any atom is 0.201 e. The number of rotatable bonds is 4. The zero-order valence-corrected chi connectivity index (χ0v) is 51.7. The number of benzene rings is 9. The van der Waals surface area contributed by atoms with Crippen molar-refractivity contribution in [3.05, 3.63) is 317 Å². The topological polar surface area (TPSA) is 335 Å². The van der Waals surface area contributed by atoms with Gasteiger partial charge in [-0.1, -0.05) is 134 Å². The fourth-order valence-corrected chi connectivity index (χ4v) is 11.3. The summed E-state index contributed by atoms with van der Waals surface area (Å²) < 4.78 is 5.50. The van der Waals surface area contributed by atoms with Crippen LogP contribution >= 0.6 is 0 Å². The SMILES string of the molecule is CC1=CC(=O)C=C(C)C1=O.CCCOCc1ccc2c(c1)C(=O)c1ccccc1C2=O.O=C1C=CC(=O)c2ccccc21.O=C1c2cccc(O)c2C(=O)c2c(O)cccc21.O=C1c2cccc(O)c2C(=O)c2cccc(O)c21.O=C1c2ccccc2C(=O)c2c(O)ccc(O)c21. The molecule has 0 aliphatic heterocycles. The summed E-state index contributed by atoms with van der Waals surface area (Å²) in [5.74, 6) is -4.71. The zero-order valence-electron chi connectivity index (χ0n) is 51.7. The van der Waals surface area contributed by atoms with Gasteiger partial charge in [-0.05, 0) is 98.7 Å². The van der Waals surface area contributed by atoms with Gasteiger partial charge in [0.1, 0.15) is 34.5 Å². The van der Waals surface area contributed by atoms with Crippen molar-refractivity contribution in [2.45, 2.75) is 33.8 Å². The Morgan fingerprint density at radius 3 is 0.979 bits per heavy atom. The number of ether oxygens (including phenoxy) is 1. The highest BCUT2D eigenvalue weighted by Crippen LogP contribution is 2.40. The summed E-state index contributed by atoms with van der Waals surface area (Å²) in [7, 11) is 0. The Hall–Kier alpha value is -13.0. The highest BCUT2D eigenvalue weighted by molar-refractivity contribution is 6.33. The summed E-state index contributed by atoms with van der Waals surface area (Å²) >= 11 is 0. The minimum Gasteiger partial charge on any atom is -0.507 e. The summed E-state index contributed by atoms with van der Waals surface area (Å²) in [6.07, 6.45) is 6.29. The number of aromatic hydroxyl groups is 6. The Balaban J connectivity index is 0.000000128. The van der Waals surface area contributed by atoms with Gasteiger partial charge in [-0.25, -0.2) is 0 Å². The van der Waals surface area contributed by atoms with Gasteiger partial charge in [0, 0.05) is 84.5 Å². The first kappa shape index (κ1) is 66.9. The first-order valence-corrected chi connectivity index (χ1v) is 29.9. The second-order valence-electron chi connectivity index (χ2n) is 22.3. The molecule has 9 aromatic rings. The summed E-state index contributed by atoms with van der Waals surface area (Å²) in [6.45, 7) is 6.50. The lowest BCUT2D eigenvalue weighted by molar-refractivity contribution is -0.115. The van der Waals surface area contributed by atoms with Crippen LogP contribution in [0.3, 0.4) is 0 Å². The zero-order chi connectivity index (χ0) is 69.7. The second-order valence-corrected chi connectivity index (χ2v) is 22.3. The van der Waals surface area contributed by atoms with Crippen molar-refractivity contribution in [2.24, 2.45) is 0 Å². The average Bonchev–Trinajstić information content (AvgIpc) is 0.769. The van der Waals surface area contributed by atoms with E-state index in [1.54, 1.807) is 86.6 Å². The summed E-state index contributed by atoms with van der Waals surface area (Å²) in [5.41, 5.74) is 5.66. The molecule has 0 saturated heterocycles. The van der Waals surface area contributed by atoms with Gasteiger partial charge in [0.25, 0.3) is 0 Å². The smallest absolute Gasteiger partial charge is 0.201 e. The number of phenolic OH excluding ortho intramolecular Hbond substituents is 6. The fourth-order valence-electron chi connectivity index (χ4n) is 11.3. The molecular formula is C78H54O19. The Morgan fingerprint density at radius 2 is 0.588 bits per heavy atom. The standard InChI is InChI=1S/C18H16O3.3C14H8O4.C10H6O2.C8H8O2/c1-2-9-21-11-12-7-8-15-16(10-12)18(20)14-6-4-3-5-13(14)17(15)19;15-9-5-1-3-7-11(9)14(18)8-4-2-6-10(16)12(8)13(7)17;15-9-5-1-3-7-11(9)14(18)12-8(13(7)17)4-2-6-10(12)16;15-9-5-6-10(16)12-11(9)13(17)7-3-1-2-4-8(7)14(12)18;11-9-5-6-10(12)8-4-2-1-3-7(8)9;1-5-3-7(9)4-6(2)8(5)10/h3-8,10H,2,9,11H2,1H3;3*1-6,15-16H;1-6H;3-4H,1-2H3. The fraction of sp³-hybridized carbons (Fsp3) is 0.0769. The molecule has 0 bridgehead atoms. The number of carbonyl (C=O) groups is 12. The molecule has 15 rings (SSSR count). The summed E-state index contributed by atoms with van der Waals surface area (Å²) in [4.78, 5) is 142. The quantitative estimate of drug-likeness (QED) is 0.0541. The van der Waals surface area contributed by atoms with Crippen molar-refractivity contribution < 1.29 is 92.9 Å². The summed E-state index contributed by atoms with van der Waals surface area (Å²) in [6, 6.07) is 45.2. The minimum atomic E-state index is -0.532. The van der Waals surface area contributed by atoms with Crippen LogP contribution in [0.4, 0.5) is 0 Å². The molecule has 0 radical (unpaired) electrons. The number of hydrogen-bond donors (Lipinski definition) is 6. The van der Waals surface area contributed by atoms with Crippen molar-refractivity contribution in [3.8, 4) is 34.5 Å². The number of carbonyl (C=O) groups excluding carboxylic acids is 12. The van der Waals surface area contributed by atoms with Crippen LogP contribution in [0.2, 0.25) is 0 Å². The van der Waals surface area contributed by atoms with E-state index in [9.17, 15) is 88.2 Å². The predicted molar refractivity (Wildman–Crippen MR) is 351 cm³/mol. The van der Waals surface area contributed by atoms with E-state index in [1.807, 2.05) is 13.0 Å². The molecule has 19 nitrogen and oxygen atoms in total. The number of allylic oxidation sites excluding steroid dienone is 6. The number of hydrogen-bond acceptors (Lipinski definition) is 19.